The number of sulfonamides is 1. The maximum atomic E-state index is 12.2. The van der Waals surface area contributed by atoms with Gasteiger partial charge in [0, 0.05) is 18.4 Å². The highest BCUT2D eigenvalue weighted by molar-refractivity contribution is 7.89. The van der Waals surface area contributed by atoms with Gasteiger partial charge in [-0.15, -0.1) is 0 Å². The van der Waals surface area contributed by atoms with Crippen molar-refractivity contribution in [2.24, 2.45) is 0 Å². The maximum Gasteiger partial charge on any atom is 0.240 e. The van der Waals surface area contributed by atoms with E-state index in [-0.39, 0.29) is 10.9 Å². The number of hydrogen-bond acceptors (Lipinski definition) is 4. The number of nitrogens with one attached hydrogen (secondary N) is 1. The first kappa shape index (κ1) is 14.5. The third-order valence-electron chi connectivity index (χ3n) is 2.75. The molecular weight excluding hydrogens is 278 g/mol. The summed E-state index contributed by atoms with van der Waals surface area (Å²) >= 11 is 0. The molecule has 0 aliphatic carbocycles. The summed E-state index contributed by atoms with van der Waals surface area (Å²) in [5.41, 5.74) is 0. The van der Waals surface area contributed by atoms with Crippen molar-refractivity contribution in [2.75, 3.05) is 7.11 Å². The fraction of sp³-hybridized carbons (Fsp3) is 0.308. The van der Waals surface area contributed by atoms with Gasteiger partial charge in [0.15, 0.2) is 0 Å². The number of methoxy groups -OCH3 is 1. The Morgan fingerprint density at radius 3 is 2.60 bits per heavy atom. The van der Waals surface area contributed by atoms with E-state index in [1.54, 1.807) is 42.2 Å². The van der Waals surface area contributed by atoms with Crippen LogP contribution in [-0.4, -0.2) is 31.3 Å². The van der Waals surface area contributed by atoms with Gasteiger partial charge in [0.05, 0.1) is 18.6 Å². The zero-order valence-corrected chi connectivity index (χ0v) is 12.2. The van der Waals surface area contributed by atoms with Crippen LogP contribution < -0.4 is 9.46 Å². The van der Waals surface area contributed by atoms with Gasteiger partial charge in [0.1, 0.15) is 5.75 Å². The molecule has 7 heteroatoms. The molecule has 2 aromatic rings. The molecule has 108 valence electrons. The van der Waals surface area contributed by atoms with Gasteiger partial charge in [-0.1, -0.05) is 0 Å². The first-order chi connectivity index (χ1) is 9.51. The van der Waals surface area contributed by atoms with E-state index < -0.39 is 10.0 Å². The normalized spacial score (nSPS) is 13.1. The minimum Gasteiger partial charge on any atom is -0.497 e. The van der Waals surface area contributed by atoms with Crippen LogP contribution in [0.3, 0.4) is 0 Å². The topological polar surface area (TPSA) is 73.2 Å². The van der Waals surface area contributed by atoms with Crippen molar-refractivity contribution < 1.29 is 13.2 Å². The molecule has 0 fully saturated rings. The van der Waals surface area contributed by atoms with Gasteiger partial charge in [-0.3, -0.25) is 4.68 Å². The monoisotopic (exact) mass is 295 g/mol. The molecule has 1 aromatic carbocycles. The molecule has 1 aromatic heterocycles. The Bertz CT molecular complexity index is 636. The molecule has 2 rings (SSSR count). The van der Waals surface area contributed by atoms with Gasteiger partial charge in [0.25, 0.3) is 0 Å². The Balaban J connectivity index is 2.05. The summed E-state index contributed by atoms with van der Waals surface area (Å²) in [7, 11) is -2.00. The van der Waals surface area contributed by atoms with E-state index in [9.17, 15) is 8.42 Å². The van der Waals surface area contributed by atoms with E-state index in [4.69, 9.17) is 4.74 Å². The van der Waals surface area contributed by atoms with Crippen molar-refractivity contribution in [3.63, 3.8) is 0 Å². The summed E-state index contributed by atoms with van der Waals surface area (Å²) in [5, 5.41) is 4.05. The van der Waals surface area contributed by atoms with Gasteiger partial charge in [0.2, 0.25) is 10.0 Å². The van der Waals surface area contributed by atoms with E-state index in [2.05, 4.69) is 9.82 Å². The van der Waals surface area contributed by atoms with Crippen LogP contribution in [-0.2, 0) is 16.6 Å². The van der Waals surface area contributed by atoms with Crippen LogP contribution in [0.5, 0.6) is 5.75 Å². The first-order valence-corrected chi connectivity index (χ1v) is 7.63. The molecule has 6 nitrogen and oxygen atoms in total. The Morgan fingerprint density at radius 2 is 2.05 bits per heavy atom. The van der Waals surface area contributed by atoms with Crippen LogP contribution in [0.1, 0.15) is 6.92 Å². The second kappa shape index (κ2) is 6.06. The number of nitrogens with zero attached hydrogens (tertiary/aromatic N) is 2. The summed E-state index contributed by atoms with van der Waals surface area (Å²) in [4.78, 5) is 0.214. The highest BCUT2D eigenvalue weighted by Crippen LogP contribution is 2.15. The van der Waals surface area contributed by atoms with Crippen LogP contribution in [0.2, 0.25) is 0 Å². The fourth-order valence-corrected chi connectivity index (χ4v) is 3.05. The summed E-state index contributed by atoms with van der Waals surface area (Å²) < 4.78 is 33.7. The Hall–Kier alpha value is -1.86. The summed E-state index contributed by atoms with van der Waals surface area (Å²) in [6.07, 6.45) is 3.45. The molecular formula is C13H17N3O3S. The average molecular weight is 295 g/mol. The highest BCUT2D eigenvalue weighted by atomic mass is 32.2. The lowest BCUT2D eigenvalue weighted by atomic mass is 10.3. The average Bonchev–Trinajstić information content (AvgIpc) is 2.91. The third-order valence-corrected chi connectivity index (χ3v) is 4.35. The van der Waals surface area contributed by atoms with E-state index in [0.29, 0.717) is 12.3 Å². The standard InChI is InChI=1S/C13H17N3O3S/c1-11(10-16-9-3-8-14-16)15-20(17,18)13-6-4-12(19-2)5-7-13/h3-9,11,15H,10H2,1-2H3. The van der Waals surface area contributed by atoms with Crippen LogP contribution in [0.15, 0.2) is 47.6 Å². The zero-order valence-electron chi connectivity index (χ0n) is 11.4. The number of ether oxygens (including phenoxy) is 1. The predicted octanol–water partition coefficient (Wildman–Crippen LogP) is 1.26. The molecule has 0 aliphatic rings. The first-order valence-electron chi connectivity index (χ1n) is 6.15. The van der Waals surface area contributed by atoms with Crippen LogP contribution in [0.25, 0.3) is 0 Å². The summed E-state index contributed by atoms with van der Waals surface area (Å²) in [6, 6.07) is 7.80. The molecule has 1 heterocycles. The highest BCUT2D eigenvalue weighted by Gasteiger charge is 2.17. The molecule has 20 heavy (non-hydrogen) atoms. The van der Waals surface area contributed by atoms with Crippen molar-refractivity contribution in [3.05, 3.63) is 42.7 Å². The smallest absolute Gasteiger partial charge is 0.240 e. The minimum atomic E-state index is -3.53. The molecule has 0 saturated carbocycles. The predicted molar refractivity (Wildman–Crippen MR) is 75.0 cm³/mol. The quantitative estimate of drug-likeness (QED) is 0.870. The van der Waals surface area contributed by atoms with E-state index >= 15 is 0 Å². The summed E-state index contributed by atoms with van der Waals surface area (Å²) in [6.45, 7) is 2.27. The Kier molecular flexibility index (Phi) is 4.41. The van der Waals surface area contributed by atoms with Crippen LogP contribution in [0, 0.1) is 0 Å². The van der Waals surface area contributed by atoms with E-state index in [1.807, 2.05) is 0 Å². The van der Waals surface area contributed by atoms with Gasteiger partial charge >= 0.3 is 0 Å². The van der Waals surface area contributed by atoms with Crippen molar-refractivity contribution >= 4 is 10.0 Å². The lowest BCUT2D eigenvalue weighted by molar-refractivity contribution is 0.414. The lowest BCUT2D eigenvalue weighted by Gasteiger charge is -2.14. The fourth-order valence-electron chi connectivity index (χ4n) is 1.81. The SMILES string of the molecule is COc1ccc(S(=O)(=O)NC(C)Cn2cccn2)cc1. The number of aromatic nitrogens is 2. The molecule has 0 amide bonds. The summed E-state index contributed by atoms with van der Waals surface area (Å²) in [5.74, 6) is 0.619. The maximum absolute atomic E-state index is 12.2. The molecule has 1 N–H and O–H groups in total. The van der Waals surface area contributed by atoms with Crippen molar-refractivity contribution in [1.82, 2.24) is 14.5 Å². The van der Waals surface area contributed by atoms with Crippen LogP contribution >= 0.6 is 0 Å². The van der Waals surface area contributed by atoms with Crippen molar-refractivity contribution in [2.45, 2.75) is 24.4 Å². The number of hydrogen-bond donors (Lipinski definition) is 1. The van der Waals surface area contributed by atoms with E-state index in [0.717, 1.165) is 0 Å². The third kappa shape index (κ3) is 3.58. The molecule has 0 radical (unpaired) electrons. The van der Waals surface area contributed by atoms with Gasteiger partial charge in [-0.2, -0.15) is 5.10 Å². The second-order valence-corrected chi connectivity index (χ2v) is 6.14. The molecule has 0 spiro atoms. The van der Waals surface area contributed by atoms with Gasteiger partial charge in [-0.25, -0.2) is 13.1 Å². The number of benzene rings is 1. The van der Waals surface area contributed by atoms with Crippen molar-refractivity contribution in [3.8, 4) is 5.75 Å². The Labute approximate surface area is 118 Å². The number of rotatable bonds is 6. The van der Waals surface area contributed by atoms with Gasteiger partial charge < -0.3 is 4.74 Å². The molecule has 1 unspecified atom stereocenters. The molecule has 0 bridgehead atoms. The van der Waals surface area contributed by atoms with Crippen molar-refractivity contribution in [1.29, 1.82) is 0 Å². The van der Waals surface area contributed by atoms with E-state index in [1.165, 1.54) is 19.2 Å². The largest absolute Gasteiger partial charge is 0.497 e. The molecule has 0 saturated heterocycles. The molecule has 0 aliphatic heterocycles. The second-order valence-electron chi connectivity index (χ2n) is 4.43. The zero-order chi connectivity index (χ0) is 14.6. The minimum absolute atomic E-state index is 0.214. The van der Waals surface area contributed by atoms with Crippen LogP contribution in [0.4, 0.5) is 0 Å². The Morgan fingerprint density at radius 1 is 1.35 bits per heavy atom. The van der Waals surface area contributed by atoms with Gasteiger partial charge in [-0.05, 0) is 37.3 Å². The lowest BCUT2D eigenvalue weighted by Crippen LogP contribution is -2.35. The molecule has 1 atom stereocenters.